The van der Waals surface area contributed by atoms with Crippen LogP contribution in [0.1, 0.15) is 0 Å². The fourth-order valence-corrected chi connectivity index (χ4v) is 3.67. The molecule has 8 nitrogen and oxygen atoms in total. The molecule has 1 atom stereocenters. The fraction of sp³-hybridized carbons (Fsp3) is 0.286. The van der Waals surface area contributed by atoms with Crippen LogP contribution in [-0.4, -0.2) is 43.2 Å². The van der Waals surface area contributed by atoms with Crippen LogP contribution in [0.5, 0.6) is 0 Å². The van der Waals surface area contributed by atoms with Crippen molar-refractivity contribution in [3.05, 3.63) is 34.9 Å². The lowest BCUT2D eigenvalue weighted by atomic mass is 10.1. The third kappa shape index (κ3) is 3.83. The first-order valence-corrected chi connectivity index (χ1v) is 9.49. The molecule has 24 heavy (non-hydrogen) atoms. The predicted molar refractivity (Wildman–Crippen MR) is 93.7 cm³/mol. The maximum atomic E-state index is 12.4. The van der Waals surface area contributed by atoms with Gasteiger partial charge in [-0.3, -0.25) is 0 Å². The minimum Gasteiger partial charge on any atom is -0.396 e. The van der Waals surface area contributed by atoms with Crippen LogP contribution in [0.4, 0.5) is 17.5 Å². The highest BCUT2D eigenvalue weighted by molar-refractivity contribution is 9.10. The maximum Gasteiger partial charge on any atom is 0.240 e. The van der Waals surface area contributed by atoms with Gasteiger partial charge in [0, 0.05) is 37.5 Å². The second-order valence-corrected chi connectivity index (χ2v) is 7.95. The summed E-state index contributed by atoms with van der Waals surface area (Å²) in [5.41, 5.74) is 0.559. The van der Waals surface area contributed by atoms with E-state index in [4.69, 9.17) is 0 Å². The molecule has 4 bridgehead atoms. The lowest BCUT2D eigenvalue weighted by molar-refractivity contribution is 0.234. The molecule has 10 heteroatoms. The SMILES string of the molecule is O=S1(=O)NCC(CO)CNc2nc(ncc2Br)Nc2cccc1c2. The Kier molecular flexibility index (Phi) is 4.99. The van der Waals surface area contributed by atoms with Gasteiger partial charge in [0.15, 0.2) is 0 Å². The van der Waals surface area contributed by atoms with E-state index < -0.39 is 10.0 Å². The van der Waals surface area contributed by atoms with E-state index in [1.807, 2.05) is 0 Å². The van der Waals surface area contributed by atoms with Gasteiger partial charge in [-0.15, -0.1) is 0 Å². The Hall–Kier alpha value is -1.75. The molecule has 0 saturated carbocycles. The van der Waals surface area contributed by atoms with Crippen molar-refractivity contribution in [2.75, 3.05) is 30.3 Å². The van der Waals surface area contributed by atoms with Crippen LogP contribution in [0.3, 0.4) is 0 Å². The van der Waals surface area contributed by atoms with Gasteiger partial charge in [0.2, 0.25) is 16.0 Å². The van der Waals surface area contributed by atoms with Crippen molar-refractivity contribution in [3.63, 3.8) is 0 Å². The monoisotopic (exact) mass is 413 g/mol. The Morgan fingerprint density at radius 3 is 2.96 bits per heavy atom. The molecule has 0 spiro atoms. The van der Waals surface area contributed by atoms with Gasteiger partial charge >= 0.3 is 0 Å². The number of aliphatic hydroxyl groups is 1. The number of aliphatic hydroxyl groups excluding tert-OH is 1. The minimum absolute atomic E-state index is 0.110. The van der Waals surface area contributed by atoms with Crippen LogP contribution < -0.4 is 15.4 Å². The molecule has 0 amide bonds. The highest BCUT2D eigenvalue weighted by Gasteiger charge is 2.19. The zero-order chi connectivity index (χ0) is 17.2. The van der Waals surface area contributed by atoms with Crippen molar-refractivity contribution >= 4 is 43.4 Å². The number of nitrogens with one attached hydrogen (secondary N) is 3. The average molecular weight is 414 g/mol. The van der Waals surface area contributed by atoms with Gasteiger partial charge in [0.1, 0.15) is 5.82 Å². The van der Waals surface area contributed by atoms with Crippen molar-refractivity contribution in [3.8, 4) is 0 Å². The summed E-state index contributed by atoms with van der Waals surface area (Å²) < 4.78 is 28.0. The van der Waals surface area contributed by atoms with Crippen LogP contribution in [0.2, 0.25) is 0 Å². The molecule has 1 aromatic heterocycles. The van der Waals surface area contributed by atoms with Gasteiger partial charge in [-0.1, -0.05) is 6.07 Å². The molecule has 0 radical (unpaired) electrons. The number of sulfonamides is 1. The zero-order valence-electron chi connectivity index (χ0n) is 12.5. The van der Waals surface area contributed by atoms with E-state index in [0.29, 0.717) is 28.5 Å². The molecule has 0 saturated heterocycles. The van der Waals surface area contributed by atoms with E-state index in [1.165, 1.54) is 12.1 Å². The summed E-state index contributed by atoms with van der Waals surface area (Å²) in [4.78, 5) is 8.66. The molecule has 4 N–H and O–H groups in total. The molecule has 0 fully saturated rings. The second kappa shape index (κ2) is 7.01. The lowest BCUT2D eigenvalue weighted by Crippen LogP contribution is -2.34. The summed E-state index contributed by atoms with van der Waals surface area (Å²) in [7, 11) is -3.67. The summed E-state index contributed by atoms with van der Waals surface area (Å²) in [6.07, 6.45) is 1.60. The van der Waals surface area contributed by atoms with Gasteiger partial charge in [0.05, 0.1) is 9.37 Å². The molecular formula is C14H16BrN5O3S. The zero-order valence-corrected chi connectivity index (χ0v) is 14.9. The maximum absolute atomic E-state index is 12.4. The Bertz CT molecular complexity index is 846. The number of rotatable bonds is 1. The average Bonchev–Trinajstić information content (AvgIpc) is 2.57. The molecule has 0 aliphatic carbocycles. The number of hydrogen-bond acceptors (Lipinski definition) is 7. The molecule has 128 valence electrons. The van der Waals surface area contributed by atoms with E-state index in [-0.39, 0.29) is 24.0 Å². The standard InChI is InChI=1S/C14H16BrN5O3S/c15-12-7-17-14-19-10-2-1-3-11(4-10)24(22,23)18-6-9(8-21)5-16-13(12)20-14/h1-4,7,9,18,21H,5-6,8H2,(H2,16,17,19,20). The number of hydrogen-bond donors (Lipinski definition) is 4. The van der Waals surface area contributed by atoms with Crippen molar-refractivity contribution in [1.82, 2.24) is 14.7 Å². The van der Waals surface area contributed by atoms with Crippen molar-refractivity contribution < 1.29 is 13.5 Å². The Morgan fingerprint density at radius 1 is 1.33 bits per heavy atom. The van der Waals surface area contributed by atoms with Crippen LogP contribution >= 0.6 is 15.9 Å². The number of anilines is 3. The quantitative estimate of drug-likeness (QED) is 0.556. The molecule has 1 aliphatic heterocycles. The first kappa shape index (κ1) is 17.1. The molecular weight excluding hydrogens is 398 g/mol. The largest absolute Gasteiger partial charge is 0.396 e. The van der Waals surface area contributed by atoms with Gasteiger partial charge in [-0.25, -0.2) is 18.1 Å². The number of nitrogens with zero attached hydrogens (tertiary/aromatic N) is 2. The van der Waals surface area contributed by atoms with E-state index in [1.54, 1.807) is 18.3 Å². The van der Waals surface area contributed by atoms with Gasteiger partial charge in [0.25, 0.3) is 0 Å². The predicted octanol–water partition coefficient (Wildman–Crippen LogP) is 1.29. The van der Waals surface area contributed by atoms with Crippen LogP contribution in [-0.2, 0) is 10.0 Å². The smallest absolute Gasteiger partial charge is 0.240 e. The van der Waals surface area contributed by atoms with Crippen molar-refractivity contribution in [1.29, 1.82) is 0 Å². The summed E-state index contributed by atoms with van der Waals surface area (Å²) in [6.45, 7) is 0.300. The van der Waals surface area contributed by atoms with E-state index in [2.05, 4.69) is 41.3 Å². The molecule has 1 unspecified atom stereocenters. The van der Waals surface area contributed by atoms with Crippen LogP contribution in [0, 0.1) is 5.92 Å². The fourth-order valence-electron chi connectivity index (χ4n) is 2.17. The number of benzene rings is 1. The Labute approximate surface area is 147 Å². The summed E-state index contributed by atoms with van der Waals surface area (Å²) in [5.74, 6) is 0.592. The first-order valence-electron chi connectivity index (χ1n) is 7.22. The normalized spacial score (nSPS) is 19.8. The van der Waals surface area contributed by atoms with Gasteiger partial charge < -0.3 is 15.7 Å². The molecule has 3 rings (SSSR count). The van der Waals surface area contributed by atoms with E-state index >= 15 is 0 Å². The van der Waals surface area contributed by atoms with Gasteiger partial charge in [-0.2, -0.15) is 4.98 Å². The highest BCUT2D eigenvalue weighted by Crippen LogP contribution is 2.24. The lowest BCUT2D eigenvalue weighted by Gasteiger charge is -2.16. The third-order valence-electron chi connectivity index (χ3n) is 3.52. The summed E-state index contributed by atoms with van der Waals surface area (Å²) in [5, 5.41) is 15.6. The van der Waals surface area contributed by atoms with Crippen molar-refractivity contribution in [2.24, 2.45) is 5.92 Å². The Morgan fingerprint density at radius 2 is 2.17 bits per heavy atom. The van der Waals surface area contributed by atoms with Gasteiger partial charge in [-0.05, 0) is 34.1 Å². The number of fused-ring (bicyclic) bond motifs is 4. The number of aromatic nitrogens is 2. The minimum atomic E-state index is -3.67. The van der Waals surface area contributed by atoms with Crippen LogP contribution in [0.15, 0.2) is 39.8 Å². The molecule has 2 heterocycles. The molecule has 2 aromatic rings. The summed E-state index contributed by atoms with van der Waals surface area (Å²) >= 11 is 3.37. The first-order chi connectivity index (χ1) is 11.5. The Balaban J connectivity index is 2.04. The molecule has 1 aliphatic rings. The van der Waals surface area contributed by atoms with E-state index in [9.17, 15) is 13.5 Å². The third-order valence-corrected chi connectivity index (χ3v) is 5.52. The van der Waals surface area contributed by atoms with E-state index in [0.717, 1.165) is 0 Å². The van der Waals surface area contributed by atoms with Crippen LogP contribution in [0.25, 0.3) is 0 Å². The summed E-state index contributed by atoms with van der Waals surface area (Å²) in [6, 6.07) is 6.38. The van der Waals surface area contributed by atoms with Crippen molar-refractivity contribution in [2.45, 2.75) is 4.90 Å². The highest BCUT2D eigenvalue weighted by atomic mass is 79.9. The molecule has 1 aromatic carbocycles. The topological polar surface area (TPSA) is 116 Å². The second-order valence-electron chi connectivity index (χ2n) is 5.32. The number of halogens is 1.